The first kappa shape index (κ1) is 15.5. The summed E-state index contributed by atoms with van der Waals surface area (Å²) in [5.74, 6) is 0.727. The predicted octanol–water partition coefficient (Wildman–Crippen LogP) is 1.35. The number of nitrogens with zero attached hydrogens (tertiary/aromatic N) is 2. The molecule has 116 valence electrons. The number of hydrogen-bond acceptors (Lipinski definition) is 4. The van der Waals surface area contributed by atoms with Gasteiger partial charge in [-0.3, -0.25) is 9.59 Å². The minimum Gasteiger partial charge on any atom is -0.361 e. The number of amides is 2. The molecule has 2 heterocycles. The number of nitrogens with one attached hydrogen (secondary N) is 1. The number of likely N-dealkylation sites (N-methyl/N-ethyl adjacent to an activating group) is 1. The zero-order valence-corrected chi connectivity index (χ0v) is 12.9. The van der Waals surface area contributed by atoms with Crippen molar-refractivity contribution in [2.75, 3.05) is 13.6 Å². The van der Waals surface area contributed by atoms with Crippen LogP contribution in [0.1, 0.15) is 42.7 Å². The normalized spacial score (nSPS) is 18.6. The number of rotatable bonds is 4. The maximum Gasteiger partial charge on any atom is 0.242 e. The summed E-state index contributed by atoms with van der Waals surface area (Å²) < 4.78 is 5.11. The molecule has 0 aromatic carbocycles. The van der Waals surface area contributed by atoms with E-state index in [9.17, 15) is 9.59 Å². The average Bonchev–Trinajstić information content (AvgIpc) is 2.82. The smallest absolute Gasteiger partial charge is 0.242 e. The van der Waals surface area contributed by atoms with Gasteiger partial charge >= 0.3 is 0 Å². The van der Waals surface area contributed by atoms with Gasteiger partial charge in [-0.25, -0.2) is 0 Å². The molecule has 0 bridgehead atoms. The standard InChI is InChI=1S/C15H23N3O3/c1-10-12(11(2)21-17-10)7-8-14(19)18-9-5-4-6-13(18)15(20)16-3/h13H,4-9H2,1-3H3,(H,16,20). The van der Waals surface area contributed by atoms with Gasteiger partial charge in [0.2, 0.25) is 11.8 Å². The highest BCUT2D eigenvalue weighted by Crippen LogP contribution is 2.20. The van der Waals surface area contributed by atoms with Crippen LogP contribution >= 0.6 is 0 Å². The lowest BCUT2D eigenvalue weighted by molar-refractivity contribution is -0.142. The first-order chi connectivity index (χ1) is 10.0. The van der Waals surface area contributed by atoms with Crippen LogP contribution in [0.4, 0.5) is 0 Å². The zero-order chi connectivity index (χ0) is 15.4. The molecule has 0 spiro atoms. The van der Waals surface area contributed by atoms with Gasteiger partial charge in [-0.15, -0.1) is 0 Å². The Morgan fingerprint density at radius 2 is 2.14 bits per heavy atom. The predicted molar refractivity (Wildman–Crippen MR) is 77.7 cm³/mol. The number of aryl methyl sites for hydroxylation is 2. The van der Waals surface area contributed by atoms with Gasteiger partial charge in [-0.1, -0.05) is 5.16 Å². The average molecular weight is 293 g/mol. The largest absolute Gasteiger partial charge is 0.361 e. The maximum atomic E-state index is 12.4. The first-order valence-corrected chi connectivity index (χ1v) is 7.47. The number of likely N-dealkylation sites (tertiary alicyclic amines) is 1. The van der Waals surface area contributed by atoms with Crippen molar-refractivity contribution in [2.24, 2.45) is 0 Å². The summed E-state index contributed by atoms with van der Waals surface area (Å²) in [7, 11) is 1.61. The summed E-state index contributed by atoms with van der Waals surface area (Å²) in [6.45, 7) is 4.40. The van der Waals surface area contributed by atoms with E-state index in [0.29, 0.717) is 19.4 Å². The maximum absolute atomic E-state index is 12.4. The van der Waals surface area contributed by atoms with E-state index in [1.165, 1.54) is 0 Å². The van der Waals surface area contributed by atoms with Crippen molar-refractivity contribution in [2.45, 2.75) is 52.0 Å². The SMILES string of the molecule is CNC(=O)C1CCCCN1C(=O)CCc1c(C)noc1C. The molecule has 1 aromatic rings. The van der Waals surface area contributed by atoms with Gasteiger partial charge in [-0.05, 0) is 39.5 Å². The lowest BCUT2D eigenvalue weighted by Crippen LogP contribution is -2.51. The third kappa shape index (κ3) is 3.43. The number of piperidine rings is 1. The molecule has 1 N–H and O–H groups in total. The first-order valence-electron chi connectivity index (χ1n) is 7.47. The van der Waals surface area contributed by atoms with E-state index in [0.717, 1.165) is 36.3 Å². The lowest BCUT2D eigenvalue weighted by atomic mass is 10.00. The number of carbonyl (C=O) groups excluding carboxylic acids is 2. The van der Waals surface area contributed by atoms with Crippen molar-refractivity contribution in [3.8, 4) is 0 Å². The molecule has 1 saturated heterocycles. The molecule has 0 aliphatic carbocycles. The number of hydrogen-bond donors (Lipinski definition) is 1. The summed E-state index contributed by atoms with van der Waals surface area (Å²) in [5, 5.41) is 6.55. The van der Waals surface area contributed by atoms with E-state index in [1.54, 1.807) is 11.9 Å². The van der Waals surface area contributed by atoms with Crippen LogP contribution < -0.4 is 5.32 Å². The fraction of sp³-hybridized carbons (Fsp3) is 0.667. The molecule has 6 heteroatoms. The van der Waals surface area contributed by atoms with Crippen LogP contribution in [-0.4, -0.2) is 41.5 Å². The van der Waals surface area contributed by atoms with Gasteiger partial charge in [0.05, 0.1) is 5.69 Å². The van der Waals surface area contributed by atoms with Crippen LogP contribution in [0.3, 0.4) is 0 Å². The summed E-state index contributed by atoms with van der Waals surface area (Å²) >= 11 is 0. The van der Waals surface area contributed by atoms with E-state index in [4.69, 9.17) is 4.52 Å². The summed E-state index contributed by atoms with van der Waals surface area (Å²) in [5.41, 5.74) is 1.83. The Morgan fingerprint density at radius 3 is 2.76 bits per heavy atom. The highest BCUT2D eigenvalue weighted by Gasteiger charge is 2.31. The summed E-state index contributed by atoms with van der Waals surface area (Å²) in [6, 6.07) is -0.319. The molecule has 1 aromatic heterocycles. The lowest BCUT2D eigenvalue weighted by Gasteiger charge is -2.34. The zero-order valence-electron chi connectivity index (χ0n) is 12.9. The Bertz CT molecular complexity index is 505. The van der Waals surface area contributed by atoms with Gasteiger partial charge in [0.15, 0.2) is 0 Å². The molecule has 2 amide bonds. The highest BCUT2D eigenvalue weighted by molar-refractivity contribution is 5.87. The molecule has 1 aliphatic rings. The number of aromatic nitrogens is 1. The Labute approximate surface area is 124 Å². The van der Waals surface area contributed by atoms with Crippen molar-refractivity contribution >= 4 is 11.8 Å². The Hall–Kier alpha value is -1.85. The molecule has 0 radical (unpaired) electrons. The number of carbonyl (C=O) groups is 2. The van der Waals surface area contributed by atoms with Crippen LogP contribution in [0.5, 0.6) is 0 Å². The topological polar surface area (TPSA) is 75.4 Å². The second-order valence-corrected chi connectivity index (χ2v) is 5.52. The van der Waals surface area contributed by atoms with Crippen LogP contribution in [0.15, 0.2) is 4.52 Å². The van der Waals surface area contributed by atoms with Crippen LogP contribution in [0.2, 0.25) is 0 Å². The van der Waals surface area contributed by atoms with Crippen molar-refractivity contribution in [1.82, 2.24) is 15.4 Å². The molecule has 6 nitrogen and oxygen atoms in total. The van der Waals surface area contributed by atoms with Crippen molar-refractivity contribution < 1.29 is 14.1 Å². The van der Waals surface area contributed by atoms with E-state index in [2.05, 4.69) is 10.5 Å². The highest BCUT2D eigenvalue weighted by atomic mass is 16.5. The molecule has 2 rings (SSSR count). The molecular weight excluding hydrogens is 270 g/mol. The monoisotopic (exact) mass is 293 g/mol. The summed E-state index contributed by atoms with van der Waals surface area (Å²) in [4.78, 5) is 26.1. The third-order valence-corrected chi connectivity index (χ3v) is 4.14. The van der Waals surface area contributed by atoms with Crippen LogP contribution in [0, 0.1) is 13.8 Å². The quantitative estimate of drug-likeness (QED) is 0.909. The molecule has 1 fully saturated rings. The van der Waals surface area contributed by atoms with E-state index < -0.39 is 0 Å². The second-order valence-electron chi connectivity index (χ2n) is 5.52. The van der Waals surface area contributed by atoms with E-state index in [-0.39, 0.29) is 17.9 Å². The van der Waals surface area contributed by atoms with Gasteiger partial charge in [0, 0.05) is 25.6 Å². The van der Waals surface area contributed by atoms with Crippen LogP contribution in [-0.2, 0) is 16.0 Å². The minimum atomic E-state index is -0.319. The molecule has 0 saturated carbocycles. The Morgan fingerprint density at radius 1 is 1.38 bits per heavy atom. The fourth-order valence-electron chi connectivity index (χ4n) is 2.90. The molecular formula is C15H23N3O3. The molecule has 1 aliphatic heterocycles. The van der Waals surface area contributed by atoms with Gasteiger partial charge < -0.3 is 14.7 Å². The van der Waals surface area contributed by atoms with E-state index >= 15 is 0 Å². The van der Waals surface area contributed by atoms with Crippen molar-refractivity contribution in [3.05, 3.63) is 17.0 Å². The Balaban J connectivity index is 1.99. The second kappa shape index (κ2) is 6.74. The minimum absolute atomic E-state index is 0.0308. The Kier molecular flexibility index (Phi) is 4.98. The summed E-state index contributed by atoms with van der Waals surface area (Å²) in [6.07, 6.45) is 3.69. The van der Waals surface area contributed by atoms with Gasteiger partial charge in [0.25, 0.3) is 0 Å². The van der Waals surface area contributed by atoms with Crippen molar-refractivity contribution in [3.63, 3.8) is 0 Å². The van der Waals surface area contributed by atoms with Crippen LogP contribution in [0.25, 0.3) is 0 Å². The molecule has 1 atom stereocenters. The molecule has 1 unspecified atom stereocenters. The third-order valence-electron chi connectivity index (χ3n) is 4.14. The fourth-order valence-corrected chi connectivity index (χ4v) is 2.90. The van der Waals surface area contributed by atoms with Gasteiger partial charge in [-0.2, -0.15) is 0 Å². The van der Waals surface area contributed by atoms with Crippen molar-refractivity contribution in [1.29, 1.82) is 0 Å². The van der Waals surface area contributed by atoms with E-state index in [1.807, 2.05) is 13.8 Å². The van der Waals surface area contributed by atoms with Gasteiger partial charge in [0.1, 0.15) is 11.8 Å². The molecule has 21 heavy (non-hydrogen) atoms.